The van der Waals surface area contributed by atoms with Gasteiger partial charge in [0.25, 0.3) is 0 Å². The summed E-state index contributed by atoms with van der Waals surface area (Å²) in [6.07, 6.45) is -0.806. The second-order valence-corrected chi connectivity index (χ2v) is 0.964. The standard InChI is InChI=1S/C3H4O4.Re.Rf/c4-2(5)1-3(6)7;;/h1H2,(H,4,5)(H,6,7);;. The van der Waals surface area contributed by atoms with Gasteiger partial charge in [0.05, 0.1) is 0 Å². The average molecular weight is 557 g/mol. The molecule has 0 aromatic heterocycles. The molecule has 0 aromatic carbocycles. The van der Waals surface area contributed by atoms with Gasteiger partial charge < -0.3 is 10.2 Å². The van der Waals surface area contributed by atoms with Crippen LogP contribution in [-0.4, -0.2) is 22.2 Å². The maximum Gasteiger partial charge on any atom is 0.314 e. The van der Waals surface area contributed by atoms with Crippen LogP contribution >= 0.6 is 0 Å². The minimum absolute atomic E-state index is 0. The average Bonchev–Trinajstić information content (AvgIpc) is 1.27. The van der Waals surface area contributed by atoms with E-state index in [2.05, 4.69) is 0 Å². The van der Waals surface area contributed by atoms with Gasteiger partial charge >= 0.3 is 11.9 Å². The third-order valence-electron chi connectivity index (χ3n) is 0.302. The third-order valence-corrected chi connectivity index (χ3v) is 0.302. The Morgan fingerprint density at radius 3 is 1.33 bits per heavy atom. The summed E-state index contributed by atoms with van der Waals surface area (Å²) in [5, 5.41) is 15.4. The van der Waals surface area contributed by atoms with E-state index in [0.29, 0.717) is 0 Å². The fourth-order valence-electron chi connectivity index (χ4n) is 0.129. The van der Waals surface area contributed by atoms with Crippen LogP contribution in [-0.2, 0) is 30.0 Å². The van der Waals surface area contributed by atoms with E-state index in [1.165, 1.54) is 0 Å². The van der Waals surface area contributed by atoms with Crippen molar-refractivity contribution in [2.75, 3.05) is 0 Å². The molecule has 0 heterocycles. The van der Waals surface area contributed by atoms with Crippen molar-refractivity contribution in [2.24, 2.45) is 0 Å². The van der Waals surface area contributed by atoms with Crippen LogP contribution in [0.25, 0.3) is 0 Å². The summed E-state index contributed by atoms with van der Waals surface area (Å²) in [7, 11) is 0. The van der Waals surface area contributed by atoms with Gasteiger partial charge in [0.2, 0.25) is 0 Å². The van der Waals surface area contributed by atoms with Gasteiger partial charge in [0.1, 0.15) is 6.42 Å². The van der Waals surface area contributed by atoms with Crippen LogP contribution in [0.4, 0.5) is 0 Å². The molecule has 9 heavy (non-hydrogen) atoms. The van der Waals surface area contributed by atoms with Gasteiger partial charge in [-0.2, -0.15) is 0 Å². The van der Waals surface area contributed by atoms with Crippen LogP contribution in [0.1, 0.15) is 6.42 Å². The van der Waals surface area contributed by atoms with Crippen LogP contribution in [0.15, 0.2) is 0 Å². The summed E-state index contributed by atoms with van der Waals surface area (Å²) in [6.45, 7) is 0. The van der Waals surface area contributed by atoms with Crippen molar-refractivity contribution in [3.8, 4) is 0 Å². The Labute approximate surface area is 59.2 Å². The Bertz CT molecular complexity index is 92.0. The Morgan fingerprint density at radius 2 is 1.33 bits per heavy atom. The van der Waals surface area contributed by atoms with E-state index in [9.17, 15) is 9.59 Å². The molecule has 0 aliphatic carbocycles. The SMILES string of the molecule is O=C(O)CC(=O)O.[Re].[Rf]. The van der Waals surface area contributed by atoms with Gasteiger partial charge in [-0.3, -0.25) is 9.59 Å². The van der Waals surface area contributed by atoms with Crippen LogP contribution in [0, 0.1) is 0 Å². The molecule has 49 valence electrons. The van der Waals surface area contributed by atoms with E-state index < -0.39 is 18.4 Å². The Balaban J connectivity index is -0.000000180. The molecule has 0 rings (SSSR count). The molecule has 0 unspecified atom stereocenters. The topological polar surface area (TPSA) is 74.6 Å². The number of aliphatic carboxylic acids is 2. The van der Waals surface area contributed by atoms with Crippen molar-refractivity contribution in [2.45, 2.75) is 6.42 Å². The van der Waals surface area contributed by atoms with E-state index in [4.69, 9.17) is 10.2 Å². The monoisotopic (exact) mass is 558 g/mol. The second-order valence-electron chi connectivity index (χ2n) is 0.964. The summed E-state index contributed by atoms with van der Waals surface area (Å²) in [5.74, 6) is -2.62. The zero-order valence-electron chi connectivity index (χ0n) is 4.50. The number of carbonyl (C=O) groups is 2. The molecule has 1 radical (unpaired) electrons. The summed E-state index contributed by atoms with van der Waals surface area (Å²) >= 11 is 0. The molecule has 4 nitrogen and oxygen atoms in total. The van der Waals surface area contributed by atoms with Crippen LogP contribution in [0.3, 0.4) is 0 Å². The summed E-state index contributed by atoms with van der Waals surface area (Å²) in [5.41, 5.74) is 0. The fraction of sp³-hybridized carbons (Fsp3) is 0.333. The fourth-order valence-corrected chi connectivity index (χ4v) is 0.129. The quantitative estimate of drug-likeness (QED) is 0.452. The van der Waals surface area contributed by atoms with Crippen molar-refractivity contribution in [3.05, 3.63) is 0 Å². The smallest absolute Gasteiger partial charge is 0.314 e. The molecular weight excluding hydrogens is 553 g/mol. The molecule has 0 saturated carbocycles. The predicted octanol–water partition coefficient (Wildman–Crippen LogP) is -0.457. The second kappa shape index (κ2) is 6.60. The van der Waals surface area contributed by atoms with E-state index in [0.717, 1.165) is 0 Å². The Morgan fingerprint density at radius 1 is 1.11 bits per heavy atom. The van der Waals surface area contributed by atoms with Gasteiger partial charge in [0.15, 0.2) is 0 Å². The predicted molar refractivity (Wildman–Crippen MR) is 19.9 cm³/mol. The van der Waals surface area contributed by atoms with Crippen LogP contribution in [0.5, 0.6) is 0 Å². The van der Waals surface area contributed by atoms with E-state index in [1.54, 1.807) is 0 Å². The molecule has 0 saturated heterocycles. The molecular formula is C3H4O4ReRf. The number of carboxylic acid groups (broad SMARTS) is 2. The minimum Gasteiger partial charge on any atom is -0.481 e. The van der Waals surface area contributed by atoms with Gasteiger partial charge in [-0.25, -0.2) is 0 Å². The summed E-state index contributed by atoms with van der Waals surface area (Å²) in [4.78, 5) is 18.9. The molecule has 0 fully saturated rings. The zero-order chi connectivity index (χ0) is 5.86. The number of carboxylic acids is 2. The van der Waals surface area contributed by atoms with Gasteiger partial charge in [-0.15, -0.1) is 0 Å². The van der Waals surface area contributed by atoms with E-state index >= 15 is 0 Å². The molecule has 0 amide bonds. The first-order valence-electron chi connectivity index (χ1n) is 1.56. The Hall–Kier alpha value is -1.40. The molecule has 0 atom stereocenters. The minimum atomic E-state index is -1.31. The largest absolute Gasteiger partial charge is 0.481 e. The summed E-state index contributed by atoms with van der Waals surface area (Å²) < 4.78 is 0. The molecule has 0 aliphatic heterocycles. The first-order chi connectivity index (χ1) is 3.13. The van der Waals surface area contributed by atoms with Gasteiger partial charge in [-0.05, 0) is 0 Å². The third kappa shape index (κ3) is 20.7. The van der Waals surface area contributed by atoms with Crippen LogP contribution in [0.2, 0.25) is 0 Å². The number of hydrogen-bond acceptors (Lipinski definition) is 2. The van der Waals surface area contributed by atoms with Crippen molar-refractivity contribution < 1.29 is 40.2 Å². The molecule has 0 aliphatic rings. The van der Waals surface area contributed by atoms with E-state index in [-0.39, 0.29) is 20.4 Å². The van der Waals surface area contributed by atoms with Crippen molar-refractivity contribution >= 4 is 11.9 Å². The Kier molecular flexibility index (Phi) is 11.5. The first-order valence-corrected chi connectivity index (χ1v) is 1.56. The normalized spacial score (nSPS) is 6.22. The van der Waals surface area contributed by atoms with E-state index in [1.807, 2.05) is 0 Å². The van der Waals surface area contributed by atoms with Crippen LogP contribution < -0.4 is 0 Å². The van der Waals surface area contributed by atoms with Gasteiger partial charge in [0, 0.05) is 20.4 Å². The molecule has 0 bridgehead atoms. The maximum absolute atomic E-state index is 9.43. The molecule has 6 heteroatoms. The molecule has 0 spiro atoms. The molecule has 0 aromatic rings. The molecule has 2 N–H and O–H groups in total. The van der Waals surface area contributed by atoms with Crippen molar-refractivity contribution in [1.82, 2.24) is 0 Å². The number of hydrogen-bond donors (Lipinski definition) is 2. The summed E-state index contributed by atoms with van der Waals surface area (Å²) in [6, 6.07) is 0. The van der Waals surface area contributed by atoms with Crippen molar-refractivity contribution in [1.29, 1.82) is 0 Å². The number of rotatable bonds is 2. The maximum atomic E-state index is 9.43. The zero-order valence-corrected chi connectivity index (χ0v) is 13.6. The first kappa shape index (κ1) is 15.6. The van der Waals surface area contributed by atoms with Crippen molar-refractivity contribution in [3.63, 3.8) is 0 Å². The van der Waals surface area contributed by atoms with Gasteiger partial charge in [-0.1, -0.05) is 0 Å².